The summed E-state index contributed by atoms with van der Waals surface area (Å²) in [5, 5.41) is 0.962. The number of hydrogen-bond donors (Lipinski definition) is 0. The molecule has 0 aliphatic heterocycles. The van der Waals surface area contributed by atoms with Crippen LogP contribution in [0, 0.1) is 13.8 Å². The minimum atomic E-state index is -0.499. The van der Waals surface area contributed by atoms with E-state index in [1.165, 1.54) is 4.90 Å². The Morgan fingerprint density at radius 2 is 1.68 bits per heavy atom. The summed E-state index contributed by atoms with van der Waals surface area (Å²) in [4.78, 5) is 32.1. The van der Waals surface area contributed by atoms with Gasteiger partial charge >= 0.3 is 0 Å². The molecule has 0 N–H and O–H groups in total. The van der Waals surface area contributed by atoms with Crippen LogP contribution in [0.25, 0.3) is 0 Å². The number of carbonyl (C=O) groups is 2. The van der Waals surface area contributed by atoms with Gasteiger partial charge in [0.15, 0.2) is 0 Å². The van der Waals surface area contributed by atoms with E-state index in [0.717, 1.165) is 21.1 Å². The largest absolute Gasteiger partial charge is 0.331 e. The molecule has 1 aromatic carbocycles. The minimum absolute atomic E-state index is 0.0124. The maximum absolute atomic E-state index is 12.6. The summed E-state index contributed by atoms with van der Waals surface area (Å²) < 4.78 is 0. The average molecular weight is 359 g/mol. The highest BCUT2D eigenvalue weighted by molar-refractivity contribution is 7.11. The standard InChI is InChI=1S/C20H26N2O2S/c1-12-18(25-14(3)21-12)13(2)22(7)19(24)17(23)15-8-10-16(11-9-15)20(4,5)6/h8-11,13H,1-7H3. The normalized spacial score (nSPS) is 12.8. The molecule has 0 radical (unpaired) electrons. The fourth-order valence-electron chi connectivity index (χ4n) is 2.69. The van der Waals surface area contributed by atoms with Crippen molar-refractivity contribution in [3.05, 3.63) is 51.0 Å². The van der Waals surface area contributed by atoms with Crippen LogP contribution in [0.3, 0.4) is 0 Å². The number of ketones is 1. The number of aryl methyl sites for hydroxylation is 2. The predicted octanol–water partition coefficient (Wildman–Crippen LogP) is 4.46. The molecule has 0 fully saturated rings. The Kier molecular flexibility index (Phi) is 5.47. The molecule has 0 saturated heterocycles. The van der Waals surface area contributed by atoms with Crippen LogP contribution >= 0.6 is 11.3 Å². The number of rotatable bonds is 4. The molecule has 1 aromatic heterocycles. The van der Waals surface area contributed by atoms with Crippen molar-refractivity contribution in [2.45, 2.75) is 53.0 Å². The molecule has 0 saturated carbocycles. The third-order valence-corrected chi connectivity index (χ3v) is 5.67. The van der Waals surface area contributed by atoms with Crippen LogP contribution in [0.1, 0.15) is 65.2 Å². The van der Waals surface area contributed by atoms with Crippen molar-refractivity contribution in [2.75, 3.05) is 7.05 Å². The Hall–Kier alpha value is -2.01. The van der Waals surface area contributed by atoms with Crippen molar-refractivity contribution < 1.29 is 9.59 Å². The number of hydrogen-bond acceptors (Lipinski definition) is 4. The number of aromatic nitrogens is 1. The first kappa shape index (κ1) is 19.3. The molecule has 0 bridgehead atoms. The molecule has 1 amide bonds. The summed E-state index contributed by atoms with van der Waals surface area (Å²) in [7, 11) is 1.67. The first-order valence-corrected chi connectivity index (χ1v) is 9.20. The van der Waals surface area contributed by atoms with Gasteiger partial charge in [-0.3, -0.25) is 9.59 Å². The van der Waals surface area contributed by atoms with Crippen LogP contribution in [-0.4, -0.2) is 28.6 Å². The summed E-state index contributed by atoms with van der Waals surface area (Å²) in [6.45, 7) is 12.1. The van der Waals surface area contributed by atoms with E-state index in [1.807, 2.05) is 32.9 Å². The first-order chi connectivity index (χ1) is 11.5. The van der Waals surface area contributed by atoms with Crippen molar-refractivity contribution >= 4 is 23.0 Å². The highest BCUT2D eigenvalue weighted by atomic mass is 32.1. The van der Waals surface area contributed by atoms with E-state index in [9.17, 15) is 9.59 Å². The van der Waals surface area contributed by atoms with Crippen molar-refractivity contribution in [2.24, 2.45) is 0 Å². The van der Waals surface area contributed by atoms with Crippen molar-refractivity contribution in [3.8, 4) is 0 Å². The zero-order chi connectivity index (χ0) is 18.9. The lowest BCUT2D eigenvalue weighted by Gasteiger charge is -2.24. The van der Waals surface area contributed by atoms with Crippen LogP contribution in [0.4, 0.5) is 0 Å². The molecule has 1 unspecified atom stereocenters. The number of likely N-dealkylation sites (N-methyl/N-ethyl adjacent to an activating group) is 1. The van der Waals surface area contributed by atoms with Gasteiger partial charge in [-0.15, -0.1) is 11.3 Å². The summed E-state index contributed by atoms with van der Waals surface area (Å²) in [5.74, 6) is -0.977. The van der Waals surface area contributed by atoms with Gasteiger partial charge in [0, 0.05) is 17.5 Å². The first-order valence-electron chi connectivity index (χ1n) is 8.38. The summed E-state index contributed by atoms with van der Waals surface area (Å²) in [5.41, 5.74) is 2.48. The lowest BCUT2D eigenvalue weighted by atomic mass is 9.86. The molecular weight excluding hydrogens is 332 g/mol. The lowest BCUT2D eigenvalue weighted by molar-refractivity contribution is -0.127. The van der Waals surface area contributed by atoms with Gasteiger partial charge in [-0.25, -0.2) is 4.98 Å². The molecule has 0 spiro atoms. The Balaban J connectivity index is 2.18. The Labute approximate surface area is 153 Å². The summed E-state index contributed by atoms with van der Waals surface area (Å²) in [6, 6.07) is 7.13. The van der Waals surface area contributed by atoms with Gasteiger partial charge in [0.2, 0.25) is 5.78 Å². The smallest absolute Gasteiger partial charge is 0.295 e. The number of thiazole rings is 1. The number of carbonyl (C=O) groups excluding carboxylic acids is 2. The van der Waals surface area contributed by atoms with Gasteiger partial charge in [-0.05, 0) is 31.7 Å². The molecule has 134 valence electrons. The SMILES string of the molecule is Cc1nc(C)c(C(C)N(C)C(=O)C(=O)c2ccc(C(C)(C)C)cc2)s1. The van der Waals surface area contributed by atoms with E-state index in [4.69, 9.17) is 0 Å². The van der Waals surface area contributed by atoms with Crippen LogP contribution in [-0.2, 0) is 10.2 Å². The fraction of sp³-hybridized carbons (Fsp3) is 0.450. The van der Waals surface area contributed by atoms with Crippen LogP contribution in [0.15, 0.2) is 24.3 Å². The molecule has 5 heteroatoms. The minimum Gasteiger partial charge on any atom is -0.331 e. The van der Waals surface area contributed by atoms with Gasteiger partial charge in [0.25, 0.3) is 5.91 Å². The van der Waals surface area contributed by atoms with Gasteiger partial charge < -0.3 is 4.90 Å². The highest BCUT2D eigenvalue weighted by Crippen LogP contribution is 2.29. The molecule has 25 heavy (non-hydrogen) atoms. The van der Waals surface area contributed by atoms with Gasteiger partial charge in [-0.2, -0.15) is 0 Å². The van der Waals surface area contributed by atoms with Crippen molar-refractivity contribution in [3.63, 3.8) is 0 Å². The Morgan fingerprint density at radius 1 is 1.12 bits per heavy atom. The topological polar surface area (TPSA) is 50.3 Å². The van der Waals surface area contributed by atoms with E-state index in [0.29, 0.717) is 5.56 Å². The van der Waals surface area contributed by atoms with Crippen molar-refractivity contribution in [1.29, 1.82) is 0 Å². The third-order valence-electron chi connectivity index (χ3n) is 4.43. The van der Waals surface area contributed by atoms with Gasteiger partial charge in [0.1, 0.15) is 0 Å². The van der Waals surface area contributed by atoms with Gasteiger partial charge in [0.05, 0.1) is 16.7 Å². The van der Waals surface area contributed by atoms with Crippen LogP contribution in [0.2, 0.25) is 0 Å². The van der Waals surface area contributed by atoms with E-state index in [2.05, 4.69) is 25.8 Å². The molecule has 0 aliphatic rings. The van der Waals surface area contributed by atoms with E-state index in [1.54, 1.807) is 30.5 Å². The number of nitrogens with zero attached hydrogens (tertiary/aromatic N) is 2. The number of Topliss-reactive ketones (excluding diaryl/α,β-unsaturated/α-hetero) is 1. The quantitative estimate of drug-likeness (QED) is 0.599. The van der Waals surface area contributed by atoms with Crippen LogP contribution < -0.4 is 0 Å². The maximum atomic E-state index is 12.6. The Bertz CT molecular complexity index is 785. The molecule has 0 aliphatic carbocycles. The summed E-state index contributed by atoms with van der Waals surface area (Å²) >= 11 is 1.56. The van der Waals surface area contributed by atoms with Gasteiger partial charge in [-0.1, -0.05) is 45.0 Å². The second-order valence-corrected chi connectivity index (χ2v) is 8.67. The monoisotopic (exact) mass is 358 g/mol. The highest BCUT2D eigenvalue weighted by Gasteiger charge is 2.27. The second-order valence-electron chi connectivity index (χ2n) is 7.43. The molecular formula is C20H26N2O2S. The number of amides is 1. The third kappa shape index (κ3) is 4.15. The summed E-state index contributed by atoms with van der Waals surface area (Å²) in [6.07, 6.45) is 0. The van der Waals surface area contributed by atoms with E-state index in [-0.39, 0.29) is 11.5 Å². The average Bonchev–Trinajstić information content (AvgIpc) is 2.89. The Morgan fingerprint density at radius 3 is 2.12 bits per heavy atom. The molecule has 1 heterocycles. The molecule has 4 nitrogen and oxygen atoms in total. The second kappa shape index (κ2) is 7.08. The maximum Gasteiger partial charge on any atom is 0.295 e. The molecule has 2 rings (SSSR count). The lowest BCUT2D eigenvalue weighted by Crippen LogP contribution is -2.35. The van der Waals surface area contributed by atoms with E-state index < -0.39 is 11.7 Å². The van der Waals surface area contributed by atoms with Crippen molar-refractivity contribution in [1.82, 2.24) is 9.88 Å². The van der Waals surface area contributed by atoms with E-state index >= 15 is 0 Å². The zero-order valence-electron chi connectivity index (χ0n) is 16.0. The zero-order valence-corrected chi connectivity index (χ0v) is 16.8. The molecule has 2 aromatic rings. The number of benzene rings is 1. The van der Waals surface area contributed by atoms with Crippen LogP contribution in [0.5, 0.6) is 0 Å². The fourth-order valence-corrected chi connectivity index (χ4v) is 3.71. The molecule has 1 atom stereocenters. The predicted molar refractivity (Wildman–Crippen MR) is 102 cm³/mol.